The van der Waals surface area contributed by atoms with Crippen molar-refractivity contribution >= 4 is 34.3 Å². The zero-order chi connectivity index (χ0) is 25.8. The smallest absolute Gasteiger partial charge is 0.410 e. The number of carbonyl (C=O) groups excluding carboxylic acids is 1. The molecular formula is C29H38N6O2. The highest BCUT2D eigenvalue weighted by Gasteiger charge is 2.26. The van der Waals surface area contributed by atoms with E-state index in [9.17, 15) is 4.79 Å². The maximum atomic E-state index is 12.3. The molecule has 8 nitrogen and oxygen atoms in total. The summed E-state index contributed by atoms with van der Waals surface area (Å²) in [7, 11) is 0. The fourth-order valence-corrected chi connectivity index (χ4v) is 5.08. The number of nitrogens with one attached hydrogen (secondary N) is 2. The molecule has 1 saturated heterocycles. The highest BCUT2D eigenvalue weighted by molar-refractivity contribution is 5.78. The molecule has 2 heterocycles. The Labute approximate surface area is 219 Å². The van der Waals surface area contributed by atoms with Crippen molar-refractivity contribution in [3.05, 3.63) is 54.7 Å². The van der Waals surface area contributed by atoms with Crippen LogP contribution in [0.4, 0.5) is 22.1 Å². The lowest BCUT2D eigenvalue weighted by atomic mass is 9.91. The summed E-state index contributed by atoms with van der Waals surface area (Å²) < 4.78 is 5.51. The fourth-order valence-electron chi connectivity index (χ4n) is 5.08. The Balaban J connectivity index is 1.06. The average molecular weight is 503 g/mol. The van der Waals surface area contributed by atoms with Crippen LogP contribution in [0.1, 0.15) is 46.5 Å². The minimum absolute atomic E-state index is 0.221. The van der Waals surface area contributed by atoms with Gasteiger partial charge in [-0.2, -0.15) is 0 Å². The van der Waals surface area contributed by atoms with Gasteiger partial charge in [0.1, 0.15) is 5.60 Å². The lowest BCUT2D eigenvalue weighted by Crippen LogP contribution is -2.50. The first-order chi connectivity index (χ1) is 17.8. The number of ether oxygens (including phenoxy) is 1. The second-order valence-electron chi connectivity index (χ2n) is 11.1. The molecule has 0 unspecified atom stereocenters. The van der Waals surface area contributed by atoms with Crippen LogP contribution in [0, 0.1) is 0 Å². The number of hydrogen-bond donors (Lipinski definition) is 2. The lowest BCUT2D eigenvalue weighted by molar-refractivity contribution is 0.0240. The molecule has 2 N–H and O–H groups in total. The number of rotatable bonds is 5. The number of fused-ring (bicyclic) bond motifs is 1. The summed E-state index contributed by atoms with van der Waals surface area (Å²) in [4.78, 5) is 25.6. The van der Waals surface area contributed by atoms with Crippen LogP contribution in [0.5, 0.6) is 0 Å². The topological polar surface area (TPSA) is 82.6 Å². The summed E-state index contributed by atoms with van der Waals surface area (Å²) in [6, 6.07) is 17.6. The Kier molecular flexibility index (Phi) is 7.35. The second-order valence-corrected chi connectivity index (χ2v) is 11.1. The first kappa shape index (κ1) is 25.1. The van der Waals surface area contributed by atoms with Crippen LogP contribution in [0.25, 0.3) is 10.9 Å². The molecule has 3 aromatic rings. The van der Waals surface area contributed by atoms with Gasteiger partial charge in [0.05, 0.1) is 5.52 Å². The molecular weight excluding hydrogens is 464 g/mol. The number of carbonyl (C=O) groups is 1. The van der Waals surface area contributed by atoms with Crippen LogP contribution in [-0.4, -0.2) is 64.8 Å². The zero-order valence-corrected chi connectivity index (χ0v) is 22.1. The standard InChI is InChI=1S/C29H38N6O2/c1-29(2,3)37-28(36)35-18-16-34(17-19-35)25-14-12-23(13-15-25)31-22-8-10-24(11-9-22)32-27-30-20-21-6-4-5-7-26(21)33-27/h4-7,12-15,20,22,24,31H,8-11,16-19H2,1-3H3,(H,30,32,33). The summed E-state index contributed by atoms with van der Waals surface area (Å²) in [6.45, 7) is 8.68. The van der Waals surface area contributed by atoms with Crippen molar-refractivity contribution in [3.63, 3.8) is 0 Å². The molecule has 0 bridgehead atoms. The van der Waals surface area contributed by atoms with Gasteiger partial charge in [-0.1, -0.05) is 18.2 Å². The van der Waals surface area contributed by atoms with E-state index in [0.717, 1.165) is 61.3 Å². The second kappa shape index (κ2) is 10.8. The highest BCUT2D eigenvalue weighted by atomic mass is 16.6. The number of amides is 1. The van der Waals surface area contributed by atoms with Crippen molar-refractivity contribution in [2.24, 2.45) is 0 Å². The molecule has 2 aliphatic rings. The lowest BCUT2D eigenvalue weighted by Gasteiger charge is -2.36. The van der Waals surface area contributed by atoms with Gasteiger partial charge in [0.15, 0.2) is 0 Å². The summed E-state index contributed by atoms with van der Waals surface area (Å²) in [5, 5.41) is 8.32. The molecule has 1 aliphatic heterocycles. The van der Waals surface area contributed by atoms with E-state index < -0.39 is 5.60 Å². The van der Waals surface area contributed by atoms with Crippen molar-refractivity contribution in [2.45, 2.75) is 64.1 Å². The number of benzene rings is 2. The summed E-state index contributed by atoms with van der Waals surface area (Å²) in [5.74, 6) is 0.720. The van der Waals surface area contributed by atoms with E-state index in [1.165, 1.54) is 5.69 Å². The third-order valence-electron chi connectivity index (χ3n) is 7.08. The van der Waals surface area contributed by atoms with Gasteiger partial charge in [0, 0.05) is 61.2 Å². The summed E-state index contributed by atoms with van der Waals surface area (Å²) >= 11 is 0. The number of aromatic nitrogens is 2. The minimum Gasteiger partial charge on any atom is -0.444 e. The Hall–Kier alpha value is -3.55. The monoisotopic (exact) mass is 502 g/mol. The molecule has 1 saturated carbocycles. The molecule has 8 heteroatoms. The van der Waals surface area contributed by atoms with Crippen LogP contribution >= 0.6 is 0 Å². The van der Waals surface area contributed by atoms with Gasteiger partial charge in [-0.15, -0.1) is 0 Å². The number of hydrogen-bond acceptors (Lipinski definition) is 7. The van der Waals surface area contributed by atoms with E-state index in [1.54, 1.807) is 4.90 Å². The largest absolute Gasteiger partial charge is 0.444 e. The van der Waals surface area contributed by atoms with Gasteiger partial charge in [-0.05, 0) is 76.8 Å². The maximum Gasteiger partial charge on any atom is 0.410 e. The molecule has 0 spiro atoms. The average Bonchev–Trinajstić information content (AvgIpc) is 2.89. The summed E-state index contributed by atoms with van der Waals surface area (Å²) in [6.07, 6.45) is 6.07. The molecule has 1 aromatic heterocycles. The molecule has 5 rings (SSSR count). The van der Waals surface area contributed by atoms with Crippen molar-refractivity contribution in [1.82, 2.24) is 14.9 Å². The number of nitrogens with zero attached hydrogens (tertiary/aromatic N) is 4. The van der Waals surface area contributed by atoms with Crippen molar-refractivity contribution < 1.29 is 9.53 Å². The van der Waals surface area contributed by atoms with Crippen molar-refractivity contribution in [3.8, 4) is 0 Å². The van der Waals surface area contributed by atoms with Crippen molar-refractivity contribution in [1.29, 1.82) is 0 Å². The van der Waals surface area contributed by atoms with Gasteiger partial charge in [-0.25, -0.2) is 14.8 Å². The zero-order valence-electron chi connectivity index (χ0n) is 22.1. The van der Waals surface area contributed by atoms with Crippen LogP contribution in [-0.2, 0) is 4.74 Å². The van der Waals surface area contributed by atoms with Crippen LogP contribution in [0.15, 0.2) is 54.7 Å². The highest BCUT2D eigenvalue weighted by Crippen LogP contribution is 2.26. The molecule has 37 heavy (non-hydrogen) atoms. The number of piperazine rings is 1. The Morgan fingerprint density at radius 1 is 0.892 bits per heavy atom. The van der Waals surface area contributed by atoms with E-state index >= 15 is 0 Å². The van der Waals surface area contributed by atoms with Crippen LogP contribution in [0.3, 0.4) is 0 Å². The van der Waals surface area contributed by atoms with Gasteiger partial charge in [0.25, 0.3) is 0 Å². The minimum atomic E-state index is -0.460. The Morgan fingerprint density at radius 3 is 2.22 bits per heavy atom. The van der Waals surface area contributed by atoms with Crippen LogP contribution in [0.2, 0.25) is 0 Å². The van der Waals surface area contributed by atoms with Crippen LogP contribution < -0.4 is 15.5 Å². The third-order valence-corrected chi connectivity index (χ3v) is 7.08. The SMILES string of the molecule is CC(C)(C)OC(=O)N1CCN(c2ccc(NC3CCC(Nc4ncc5ccccc5n4)CC3)cc2)CC1. The van der Waals surface area contributed by atoms with E-state index in [0.29, 0.717) is 25.2 Å². The first-order valence-corrected chi connectivity index (χ1v) is 13.4. The van der Waals surface area contributed by atoms with E-state index in [1.807, 2.05) is 51.2 Å². The third kappa shape index (κ3) is 6.61. The molecule has 196 valence electrons. The van der Waals surface area contributed by atoms with E-state index in [2.05, 4.69) is 49.8 Å². The van der Waals surface area contributed by atoms with E-state index in [4.69, 9.17) is 4.74 Å². The molecule has 0 radical (unpaired) electrons. The molecule has 1 aliphatic carbocycles. The van der Waals surface area contributed by atoms with Crippen molar-refractivity contribution in [2.75, 3.05) is 41.7 Å². The van der Waals surface area contributed by atoms with Gasteiger partial charge < -0.3 is 25.2 Å². The van der Waals surface area contributed by atoms with Gasteiger partial charge >= 0.3 is 6.09 Å². The Morgan fingerprint density at radius 2 is 1.54 bits per heavy atom. The number of anilines is 3. The molecule has 2 fully saturated rings. The first-order valence-electron chi connectivity index (χ1n) is 13.4. The number of para-hydroxylation sites is 1. The molecule has 1 amide bonds. The Bertz CT molecular complexity index is 1190. The fraction of sp³-hybridized carbons (Fsp3) is 0.483. The van der Waals surface area contributed by atoms with Gasteiger partial charge in [-0.3, -0.25) is 0 Å². The van der Waals surface area contributed by atoms with E-state index in [-0.39, 0.29) is 6.09 Å². The van der Waals surface area contributed by atoms with Gasteiger partial charge in [0.2, 0.25) is 5.95 Å². The quantitative estimate of drug-likeness (QED) is 0.475. The normalized spacial score (nSPS) is 20.5. The summed E-state index contributed by atoms with van der Waals surface area (Å²) in [5.41, 5.74) is 2.87. The predicted octanol–water partition coefficient (Wildman–Crippen LogP) is 5.52. The predicted molar refractivity (Wildman–Crippen MR) is 149 cm³/mol. The maximum absolute atomic E-state index is 12.3. The molecule has 2 aromatic carbocycles. The molecule has 0 atom stereocenters.